The summed E-state index contributed by atoms with van der Waals surface area (Å²) in [6, 6.07) is 26.4. The summed E-state index contributed by atoms with van der Waals surface area (Å²) in [4.78, 5) is 20.3. The van der Waals surface area contributed by atoms with Gasteiger partial charge in [-0.2, -0.15) is 0 Å². The molecule has 0 saturated carbocycles. The Morgan fingerprint density at radius 1 is 1.06 bits per heavy atom. The van der Waals surface area contributed by atoms with Crippen LogP contribution in [-0.2, 0) is 0 Å². The second-order valence-electron chi connectivity index (χ2n) is 12.5. The molecular weight excluding hydrogens is 746 g/mol. The predicted molar refractivity (Wildman–Crippen MR) is 217 cm³/mol. The van der Waals surface area contributed by atoms with E-state index in [1.807, 2.05) is 61.5 Å². The van der Waals surface area contributed by atoms with Gasteiger partial charge in [0, 0.05) is 11.0 Å². The van der Waals surface area contributed by atoms with Gasteiger partial charge in [0.15, 0.2) is 0 Å². The first-order chi connectivity index (χ1) is 24.1. The molecule has 0 atom stereocenters. The van der Waals surface area contributed by atoms with Crippen LogP contribution in [0.3, 0.4) is 0 Å². The third-order valence-electron chi connectivity index (χ3n) is 7.87. The van der Waals surface area contributed by atoms with Crippen LogP contribution in [-0.4, -0.2) is 61.2 Å². The van der Waals surface area contributed by atoms with Crippen LogP contribution < -0.4 is 18.9 Å². The van der Waals surface area contributed by atoms with E-state index in [0.717, 1.165) is 53.8 Å². The molecule has 0 aliphatic heterocycles. The molecule has 0 saturated heterocycles. The van der Waals surface area contributed by atoms with Crippen LogP contribution in [0.5, 0.6) is 5.75 Å². The Morgan fingerprint density at radius 2 is 1.80 bits per heavy atom. The number of anilines is 2. The number of allylic oxidation sites excluding steroid dienone is 6. The number of aromatic nitrogens is 1. The van der Waals surface area contributed by atoms with E-state index in [9.17, 15) is 4.79 Å². The van der Waals surface area contributed by atoms with Crippen LogP contribution >= 0.6 is 11.3 Å². The van der Waals surface area contributed by atoms with Gasteiger partial charge in [0.25, 0.3) is 0 Å². The molecule has 0 radical (unpaired) electrons. The average molecular weight is 802 g/mol. The molecule has 0 spiro atoms. The summed E-state index contributed by atoms with van der Waals surface area (Å²) in [6.45, 7) is 15.6. The minimum absolute atomic E-state index is 0.0556. The Bertz CT molecular complexity index is 1680. The molecule has 4 aromatic rings. The second-order valence-corrected chi connectivity index (χ2v) is 19.5. The fraction of sp³-hybridized carbons (Fsp3) is 0.333. The average Bonchev–Trinajstić information content (AvgIpc) is 3.59. The molecule has 0 unspecified atom stereocenters. The normalized spacial score (nSPS) is 12.0. The number of hydrogen-bond donors (Lipinski definition) is 2. The molecule has 266 valence electrons. The van der Waals surface area contributed by atoms with Crippen LogP contribution in [0.25, 0.3) is 5.57 Å². The predicted octanol–water partition coefficient (Wildman–Crippen LogP) is 9.81. The van der Waals surface area contributed by atoms with Crippen molar-refractivity contribution in [2.75, 3.05) is 32.1 Å². The standard InChI is InChI=1S/C27H37N4OS.C7H7O.C7H8.CH3.Sb/c1-6-8-11-22(16-21(5)7-2)25-19-33-27(31-25)30-24-13-9-12-23(17-24)26(32)29-15-10-14-28-18-20(3)4;1-8-7-5-3-2-4-6-7;1-7-5-3-2-4-6-7;;/h6,8-9,11-13,16-17,19-20H,7,10,14-15,18H2,1-5H3,(H,29,32)(H,30,31);3-6H,1H3;2-6H,1H3;1H3;/q-1;;;;+1/b8-6-,21-16?,22-11+;;;;. The van der Waals surface area contributed by atoms with Gasteiger partial charge in [-0.1, -0.05) is 72.7 Å². The van der Waals surface area contributed by atoms with Gasteiger partial charge in [0.1, 0.15) is 0 Å². The van der Waals surface area contributed by atoms with Crippen molar-refractivity contribution in [1.82, 2.24) is 13.4 Å². The van der Waals surface area contributed by atoms with Crippen molar-refractivity contribution in [2.24, 2.45) is 5.92 Å². The first kappa shape index (κ1) is 40.8. The van der Waals surface area contributed by atoms with E-state index in [-0.39, 0.29) is 5.91 Å². The molecule has 1 heterocycles. The molecule has 8 heteroatoms. The summed E-state index contributed by atoms with van der Waals surface area (Å²) in [7, 11) is 1.70. The number of nitrogens with one attached hydrogen (secondary N) is 2. The maximum atomic E-state index is 13.0. The van der Waals surface area contributed by atoms with Crippen LogP contribution in [0.2, 0.25) is 4.87 Å². The van der Waals surface area contributed by atoms with E-state index in [0.29, 0.717) is 18.0 Å². The Kier molecular flexibility index (Phi) is 18.1. The van der Waals surface area contributed by atoms with Crippen molar-refractivity contribution in [3.05, 3.63) is 131 Å². The van der Waals surface area contributed by atoms with Gasteiger partial charge < -0.3 is 0 Å². The van der Waals surface area contributed by atoms with Gasteiger partial charge >= 0.3 is 198 Å². The molecule has 3 aromatic carbocycles. The number of amides is 1. The molecule has 6 nitrogen and oxygen atoms in total. The quantitative estimate of drug-likeness (QED) is 0.0672. The molecule has 2 N–H and O–H groups in total. The van der Waals surface area contributed by atoms with E-state index in [4.69, 9.17) is 9.72 Å². The van der Waals surface area contributed by atoms with Gasteiger partial charge in [0.2, 0.25) is 0 Å². The topological polar surface area (TPSA) is 66.5 Å². The van der Waals surface area contributed by atoms with Crippen LogP contribution in [0.4, 0.5) is 10.8 Å². The zero-order valence-corrected chi connectivity index (χ0v) is 34.4. The number of thiazole rings is 1. The molecule has 1 aromatic heterocycles. The Balaban J connectivity index is 0.000000857. The van der Waals surface area contributed by atoms with Crippen molar-refractivity contribution in [2.45, 2.75) is 59.3 Å². The first-order valence-corrected chi connectivity index (χ1v) is 23.2. The number of aryl methyl sites for hydroxylation is 1. The molecular formula is C42H55N4O2SSb. The fourth-order valence-corrected chi connectivity index (χ4v) is 11.2. The van der Waals surface area contributed by atoms with Crippen LogP contribution in [0, 0.1) is 12.8 Å². The SMILES string of the molecule is C/C=C\C=C(/C=C(C)CC)c1csc(Nc2cccc(C(=O)NCCC[N](CC(C)C)[Sb]([CH3])[c]3ccc(OC)cc3)c2)n1.Cc1ccccc1. The summed E-state index contributed by atoms with van der Waals surface area (Å²) in [6.07, 6.45) is 10.2. The van der Waals surface area contributed by atoms with E-state index in [1.54, 1.807) is 18.4 Å². The van der Waals surface area contributed by atoms with Crippen molar-refractivity contribution in [1.29, 1.82) is 0 Å². The molecule has 0 fully saturated rings. The van der Waals surface area contributed by atoms with Crippen molar-refractivity contribution in [3.8, 4) is 5.75 Å². The van der Waals surface area contributed by atoms with E-state index >= 15 is 0 Å². The van der Waals surface area contributed by atoms with E-state index in [1.165, 1.54) is 14.6 Å². The summed E-state index contributed by atoms with van der Waals surface area (Å²) in [5, 5.41) is 9.38. The van der Waals surface area contributed by atoms with Crippen molar-refractivity contribution < 1.29 is 9.53 Å². The molecule has 0 bridgehead atoms. The van der Waals surface area contributed by atoms with E-state index in [2.05, 4.69) is 107 Å². The van der Waals surface area contributed by atoms with Gasteiger partial charge in [-0.25, -0.2) is 0 Å². The number of methoxy groups -OCH3 is 1. The third-order valence-corrected chi connectivity index (χ3v) is 15.1. The fourth-order valence-electron chi connectivity index (χ4n) is 4.95. The monoisotopic (exact) mass is 800 g/mol. The van der Waals surface area contributed by atoms with Gasteiger partial charge in [-0.15, -0.1) is 0 Å². The van der Waals surface area contributed by atoms with Crippen LogP contribution in [0.15, 0.2) is 114 Å². The number of carbonyl (C=O) groups excluding carboxylic acids is 1. The molecule has 4 rings (SSSR count). The Labute approximate surface area is 312 Å². The minimum atomic E-state index is -1.82. The smallest absolute Gasteiger partial charge is 0.0622 e. The zero-order chi connectivity index (χ0) is 36.3. The summed E-state index contributed by atoms with van der Waals surface area (Å²) >= 11 is -0.260. The second kappa shape index (κ2) is 22.2. The number of rotatable bonds is 16. The zero-order valence-electron chi connectivity index (χ0n) is 31.1. The summed E-state index contributed by atoms with van der Waals surface area (Å²) in [5.74, 6) is 1.43. The first-order valence-electron chi connectivity index (χ1n) is 17.4. The van der Waals surface area contributed by atoms with E-state index < -0.39 is 20.5 Å². The molecule has 50 heavy (non-hydrogen) atoms. The van der Waals surface area contributed by atoms with Gasteiger partial charge in [-0.05, 0) is 27.2 Å². The minimum Gasteiger partial charge on any atom is -0.0622 e. The molecule has 0 aliphatic rings. The number of benzene rings is 3. The van der Waals surface area contributed by atoms with Gasteiger partial charge in [-0.3, -0.25) is 0 Å². The summed E-state index contributed by atoms with van der Waals surface area (Å²) < 4.78 is 9.46. The molecule has 1 amide bonds. The van der Waals surface area contributed by atoms with Crippen molar-refractivity contribution in [3.63, 3.8) is 0 Å². The van der Waals surface area contributed by atoms with Crippen LogP contribution in [0.1, 0.15) is 69.1 Å². The Morgan fingerprint density at radius 3 is 2.42 bits per heavy atom. The summed E-state index contributed by atoms with van der Waals surface area (Å²) in [5.41, 5.74) is 6.13. The Hall–Kier alpha value is -3.64. The maximum absolute atomic E-state index is 13.0. The molecule has 0 aliphatic carbocycles. The number of ether oxygens (including phenoxy) is 1. The number of hydrogen-bond acceptors (Lipinski definition) is 6. The van der Waals surface area contributed by atoms with Gasteiger partial charge in [0.05, 0.1) is 5.69 Å². The van der Waals surface area contributed by atoms with Crippen molar-refractivity contribution >= 4 is 57.6 Å². The third kappa shape index (κ3) is 14.3. The number of carbonyl (C=O) groups is 1. The number of nitrogens with zero attached hydrogens (tertiary/aromatic N) is 2.